The quantitative estimate of drug-likeness (QED) is 0.179. The minimum atomic E-state index is 0.487. The first-order valence-electron chi connectivity index (χ1n) is 17.1. The second-order valence-corrected chi connectivity index (χ2v) is 12.6. The van der Waals surface area contributed by atoms with E-state index in [0.717, 1.165) is 33.7 Å². The average molecular weight is 655 g/mol. The van der Waals surface area contributed by atoms with Crippen molar-refractivity contribution in [2.75, 3.05) is 0 Å². The molecule has 0 unspecified atom stereocenters. The van der Waals surface area contributed by atoms with Crippen molar-refractivity contribution < 1.29 is 4.74 Å². The fourth-order valence-corrected chi connectivity index (χ4v) is 7.35. The summed E-state index contributed by atoms with van der Waals surface area (Å²) in [6, 6.07) is 62.9. The first-order chi connectivity index (χ1) is 25.3. The topological polar surface area (TPSA) is 44.9 Å². The predicted octanol–water partition coefficient (Wildman–Crippen LogP) is 11.8. The van der Waals surface area contributed by atoms with Gasteiger partial charge in [0.25, 0.3) is 0 Å². The summed E-state index contributed by atoms with van der Waals surface area (Å²) in [4.78, 5) is 9.73. The zero-order valence-electron chi connectivity index (χ0n) is 27.5. The molecule has 0 bridgehead atoms. The lowest BCUT2D eigenvalue weighted by Gasteiger charge is -2.13. The Bertz CT molecular complexity index is 2800. The molecule has 5 heteroatoms. The highest BCUT2D eigenvalue weighted by Gasteiger charge is 2.21. The van der Waals surface area contributed by atoms with Gasteiger partial charge in [0, 0.05) is 50.1 Å². The van der Waals surface area contributed by atoms with Crippen LogP contribution in [0.2, 0.25) is 0 Å². The largest absolute Gasteiger partial charge is 0.439 e. The number of rotatable bonds is 6. The molecule has 3 heterocycles. The molecule has 0 atom stereocenters. The van der Waals surface area contributed by atoms with Crippen molar-refractivity contribution in [1.29, 1.82) is 0 Å². The molecule has 0 amide bonds. The van der Waals surface area contributed by atoms with Gasteiger partial charge in [0.1, 0.15) is 5.75 Å². The van der Waals surface area contributed by atoms with Crippen molar-refractivity contribution in [3.8, 4) is 45.6 Å². The van der Waals surface area contributed by atoms with Crippen LogP contribution in [0.15, 0.2) is 182 Å². The number of hydrogen-bond donors (Lipinski definition) is 0. The van der Waals surface area contributed by atoms with Crippen molar-refractivity contribution in [2.45, 2.75) is 0 Å². The number of nitrogens with zero attached hydrogens (tertiary/aromatic N) is 4. The van der Waals surface area contributed by atoms with E-state index in [0.29, 0.717) is 17.5 Å². The van der Waals surface area contributed by atoms with E-state index in [1.54, 1.807) is 0 Å². The summed E-state index contributed by atoms with van der Waals surface area (Å²) < 4.78 is 11.3. The molecule has 10 aromatic rings. The monoisotopic (exact) mass is 654 g/mol. The van der Waals surface area contributed by atoms with Gasteiger partial charge in [-0.05, 0) is 48.5 Å². The number of ether oxygens (including phenoxy) is 1. The van der Waals surface area contributed by atoms with Crippen molar-refractivity contribution in [3.63, 3.8) is 0 Å². The first-order valence-corrected chi connectivity index (χ1v) is 17.1. The van der Waals surface area contributed by atoms with Crippen LogP contribution < -0.4 is 4.74 Å². The van der Waals surface area contributed by atoms with Crippen LogP contribution in [0.1, 0.15) is 0 Å². The van der Waals surface area contributed by atoms with E-state index in [9.17, 15) is 0 Å². The predicted molar refractivity (Wildman–Crippen MR) is 208 cm³/mol. The van der Waals surface area contributed by atoms with E-state index in [1.165, 1.54) is 38.1 Å². The van der Waals surface area contributed by atoms with Crippen molar-refractivity contribution in [1.82, 2.24) is 19.1 Å². The third kappa shape index (κ3) is 4.86. The van der Waals surface area contributed by atoms with E-state index in [4.69, 9.17) is 14.7 Å². The number of aromatic nitrogens is 4. The Labute approximate surface area is 294 Å². The van der Waals surface area contributed by atoms with Gasteiger partial charge in [-0.2, -0.15) is 4.98 Å². The molecule has 0 aliphatic heterocycles. The van der Waals surface area contributed by atoms with Gasteiger partial charge in [-0.1, -0.05) is 127 Å². The molecule has 5 nitrogen and oxygen atoms in total. The standard InChI is InChI=1S/C46H30N4O/c1-4-14-31(15-5-1)40-30-43(48-46(47-40)32-16-6-2-7-17-32)51-35-26-24-34(25-27-35)50-42-23-13-11-21-37(42)39-29-28-38-36-20-10-12-22-41(36)49(44(38)45(39)50)33-18-8-3-9-19-33/h1-30H. The van der Waals surface area contributed by atoms with Crippen LogP contribution in [0.3, 0.4) is 0 Å². The van der Waals surface area contributed by atoms with Gasteiger partial charge >= 0.3 is 0 Å². The Balaban J connectivity index is 1.14. The zero-order valence-corrected chi connectivity index (χ0v) is 27.5. The summed E-state index contributed by atoms with van der Waals surface area (Å²) in [6.45, 7) is 0. The van der Waals surface area contributed by atoms with Crippen LogP contribution >= 0.6 is 0 Å². The Morgan fingerprint density at radius 1 is 0.392 bits per heavy atom. The summed E-state index contributed by atoms with van der Waals surface area (Å²) in [5.74, 6) is 1.80. The maximum Gasteiger partial charge on any atom is 0.223 e. The Morgan fingerprint density at radius 2 is 0.882 bits per heavy atom. The van der Waals surface area contributed by atoms with Gasteiger partial charge in [-0.25, -0.2) is 4.98 Å². The molecular formula is C46H30N4O. The maximum atomic E-state index is 6.47. The number of fused-ring (bicyclic) bond motifs is 7. The van der Waals surface area contributed by atoms with Gasteiger partial charge in [0.15, 0.2) is 5.82 Å². The molecule has 0 aliphatic rings. The SMILES string of the molecule is c1ccc(-c2cc(Oc3ccc(-n4c5ccccc5c5ccc6c7ccccc7n(-c7ccccc7)c6c54)cc3)nc(-c3ccccc3)n2)cc1. The molecule has 7 aromatic carbocycles. The molecule has 0 fully saturated rings. The number of benzene rings is 7. The number of para-hydroxylation sites is 3. The van der Waals surface area contributed by atoms with E-state index >= 15 is 0 Å². The minimum absolute atomic E-state index is 0.487. The summed E-state index contributed by atoms with van der Waals surface area (Å²) >= 11 is 0. The van der Waals surface area contributed by atoms with E-state index < -0.39 is 0 Å². The van der Waals surface area contributed by atoms with Crippen molar-refractivity contribution >= 4 is 43.6 Å². The van der Waals surface area contributed by atoms with Crippen molar-refractivity contribution in [2.24, 2.45) is 0 Å². The van der Waals surface area contributed by atoms with E-state index in [1.807, 2.05) is 66.7 Å². The lowest BCUT2D eigenvalue weighted by atomic mass is 10.1. The summed E-state index contributed by atoms with van der Waals surface area (Å²) in [5.41, 5.74) is 9.59. The van der Waals surface area contributed by atoms with E-state index in [-0.39, 0.29) is 0 Å². The van der Waals surface area contributed by atoms with Gasteiger partial charge in [-0.3, -0.25) is 0 Å². The van der Waals surface area contributed by atoms with Gasteiger partial charge < -0.3 is 13.9 Å². The average Bonchev–Trinajstić information content (AvgIpc) is 3.72. The Morgan fingerprint density at radius 3 is 1.47 bits per heavy atom. The van der Waals surface area contributed by atoms with E-state index in [2.05, 4.69) is 124 Å². The fraction of sp³-hybridized carbons (Fsp3) is 0. The maximum absolute atomic E-state index is 6.47. The first kappa shape index (κ1) is 29.0. The van der Waals surface area contributed by atoms with Gasteiger partial charge in [-0.15, -0.1) is 0 Å². The van der Waals surface area contributed by atoms with Crippen LogP contribution in [0.25, 0.3) is 77.6 Å². The molecular weight excluding hydrogens is 625 g/mol. The molecule has 0 saturated heterocycles. The molecule has 0 spiro atoms. The van der Waals surface area contributed by atoms with Gasteiger partial charge in [0.2, 0.25) is 5.88 Å². The second-order valence-electron chi connectivity index (χ2n) is 12.6. The minimum Gasteiger partial charge on any atom is -0.439 e. The molecule has 0 N–H and O–H groups in total. The third-order valence-electron chi connectivity index (χ3n) is 9.60. The Kier molecular flexibility index (Phi) is 6.74. The van der Waals surface area contributed by atoms with Crippen molar-refractivity contribution in [3.05, 3.63) is 182 Å². The van der Waals surface area contributed by atoms with Gasteiger partial charge in [0.05, 0.1) is 27.8 Å². The van der Waals surface area contributed by atoms with Crippen LogP contribution in [-0.4, -0.2) is 19.1 Å². The Hall–Kier alpha value is -6.98. The second kappa shape index (κ2) is 11.9. The highest BCUT2D eigenvalue weighted by atomic mass is 16.5. The summed E-state index contributed by atoms with van der Waals surface area (Å²) in [7, 11) is 0. The molecule has 0 saturated carbocycles. The molecule has 10 rings (SSSR count). The fourth-order valence-electron chi connectivity index (χ4n) is 7.35. The molecule has 51 heavy (non-hydrogen) atoms. The normalized spacial score (nSPS) is 11.5. The highest BCUT2D eigenvalue weighted by Crippen LogP contribution is 2.42. The van der Waals surface area contributed by atoms with Crippen LogP contribution in [-0.2, 0) is 0 Å². The molecule has 240 valence electrons. The van der Waals surface area contributed by atoms with Crippen LogP contribution in [0.5, 0.6) is 11.6 Å². The summed E-state index contributed by atoms with van der Waals surface area (Å²) in [5, 5.41) is 4.87. The highest BCUT2D eigenvalue weighted by molar-refractivity contribution is 6.23. The molecule has 3 aromatic heterocycles. The van der Waals surface area contributed by atoms with Crippen LogP contribution in [0, 0.1) is 0 Å². The smallest absolute Gasteiger partial charge is 0.223 e. The molecule has 0 aliphatic carbocycles. The third-order valence-corrected chi connectivity index (χ3v) is 9.60. The molecule has 0 radical (unpaired) electrons. The zero-order chi connectivity index (χ0) is 33.7. The lowest BCUT2D eigenvalue weighted by molar-refractivity contribution is 0.462. The summed E-state index contributed by atoms with van der Waals surface area (Å²) in [6.07, 6.45) is 0. The number of hydrogen-bond acceptors (Lipinski definition) is 3. The lowest BCUT2D eigenvalue weighted by Crippen LogP contribution is -1.99. The van der Waals surface area contributed by atoms with Crippen LogP contribution in [0.4, 0.5) is 0 Å².